The molecule has 0 aliphatic heterocycles. The first kappa shape index (κ1) is 24.2. The minimum absolute atomic E-state index is 0. The van der Waals surface area contributed by atoms with Gasteiger partial charge in [-0.05, 0) is 36.4 Å². The van der Waals surface area contributed by atoms with E-state index in [-0.39, 0.29) is 42.1 Å². The molecule has 0 bridgehead atoms. The molecule has 2 aromatic rings. The molecule has 0 N–H and O–H groups in total. The van der Waals surface area contributed by atoms with E-state index in [1.54, 1.807) is 12.1 Å². The van der Waals surface area contributed by atoms with Gasteiger partial charge in [0.25, 0.3) is 0 Å². The number of carbonyl (C=O) groups excluding carboxylic acids is 2. The number of ether oxygens (including phenoxy) is 4. The molecule has 0 saturated carbocycles. The van der Waals surface area contributed by atoms with E-state index in [1.165, 1.54) is 52.7 Å². The molecule has 27 heavy (non-hydrogen) atoms. The van der Waals surface area contributed by atoms with E-state index in [0.29, 0.717) is 11.5 Å². The zero-order valence-corrected chi connectivity index (χ0v) is 18.4. The van der Waals surface area contributed by atoms with Crippen molar-refractivity contribution in [2.24, 2.45) is 0 Å². The molecular formula is C18H18O8Zn. The van der Waals surface area contributed by atoms with E-state index >= 15 is 0 Å². The molecule has 140 valence electrons. The van der Waals surface area contributed by atoms with Gasteiger partial charge in [0.05, 0.1) is 40.4 Å². The molecule has 0 amide bonds. The second-order valence-electron chi connectivity index (χ2n) is 4.71. The standard InChI is InChI=1S/2C9H10O4.Zn/c2*1-12-6-3-4-8(13-2)7(5-6)9(10)11;/h2*3-5H,1-2H3,(H,10,11);/q;;+2/p-2. The molecule has 0 saturated heterocycles. The summed E-state index contributed by atoms with van der Waals surface area (Å²) in [4.78, 5) is 21.2. The maximum Gasteiger partial charge on any atom is 2.00 e. The van der Waals surface area contributed by atoms with Crippen molar-refractivity contribution >= 4 is 11.9 Å². The van der Waals surface area contributed by atoms with Crippen molar-refractivity contribution in [3.63, 3.8) is 0 Å². The van der Waals surface area contributed by atoms with Gasteiger partial charge in [-0.3, -0.25) is 0 Å². The molecule has 8 nitrogen and oxygen atoms in total. The quantitative estimate of drug-likeness (QED) is 0.597. The van der Waals surface area contributed by atoms with Crippen LogP contribution in [0.5, 0.6) is 23.0 Å². The maximum absolute atomic E-state index is 10.6. The summed E-state index contributed by atoms with van der Waals surface area (Å²) in [6, 6.07) is 8.98. The third-order valence-electron chi connectivity index (χ3n) is 3.25. The largest absolute Gasteiger partial charge is 2.00 e. The van der Waals surface area contributed by atoms with Crippen LogP contribution in [-0.2, 0) is 19.5 Å². The van der Waals surface area contributed by atoms with Crippen molar-refractivity contribution in [3.05, 3.63) is 47.5 Å². The topological polar surface area (TPSA) is 117 Å². The van der Waals surface area contributed by atoms with E-state index in [0.717, 1.165) is 0 Å². The summed E-state index contributed by atoms with van der Waals surface area (Å²) in [6.07, 6.45) is 0. The van der Waals surface area contributed by atoms with Crippen LogP contribution in [0.3, 0.4) is 0 Å². The zero-order valence-electron chi connectivity index (χ0n) is 15.4. The van der Waals surface area contributed by atoms with Gasteiger partial charge in [-0.25, -0.2) is 0 Å². The summed E-state index contributed by atoms with van der Waals surface area (Å²) in [5.74, 6) is -1.12. The fraction of sp³-hybridized carbons (Fsp3) is 0.222. The van der Waals surface area contributed by atoms with Crippen LogP contribution in [0.15, 0.2) is 36.4 Å². The van der Waals surface area contributed by atoms with E-state index in [2.05, 4.69) is 0 Å². The molecule has 0 unspecified atom stereocenters. The Morgan fingerprint density at radius 2 is 1.00 bits per heavy atom. The molecular weight excluding hydrogens is 410 g/mol. The number of methoxy groups -OCH3 is 4. The van der Waals surface area contributed by atoms with Crippen LogP contribution in [0, 0.1) is 0 Å². The summed E-state index contributed by atoms with van der Waals surface area (Å²) >= 11 is 0. The fourth-order valence-corrected chi connectivity index (χ4v) is 1.95. The summed E-state index contributed by atoms with van der Waals surface area (Å²) in [6.45, 7) is 0. The number of carboxylic acids is 2. The maximum atomic E-state index is 10.6. The summed E-state index contributed by atoms with van der Waals surface area (Å²) < 4.78 is 19.4. The second-order valence-corrected chi connectivity index (χ2v) is 4.71. The molecule has 0 aromatic heterocycles. The number of hydrogen-bond donors (Lipinski definition) is 0. The van der Waals surface area contributed by atoms with Gasteiger partial charge >= 0.3 is 19.5 Å². The van der Waals surface area contributed by atoms with Gasteiger partial charge in [-0.15, -0.1) is 0 Å². The van der Waals surface area contributed by atoms with Crippen molar-refractivity contribution in [2.75, 3.05) is 28.4 Å². The van der Waals surface area contributed by atoms with Gasteiger partial charge in [-0.1, -0.05) is 0 Å². The minimum Gasteiger partial charge on any atom is -0.545 e. The van der Waals surface area contributed by atoms with Gasteiger partial charge < -0.3 is 38.7 Å². The molecule has 0 aliphatic carbocycles. The molecule has 0 heterocycles. The SMILES string of the molecule is COc1ccc(OC)c(C(=O)[O-])c1.COc1ccc(OC)c(C(=O)[O-])c1.[Zn+2]. The van der Waals surface area contributed by atoms with E-state index in [1.807, 2.05) is 0 Å². The first-order valence-electron chi connectivity index (χ1n) is 7.24. The number of carboxylic acid groups (broad SMARTS) is 2. The monoisotopic (exact) mass is 426 g/mol. The van der Waals surface area contributed by atoms with Crippen LogP contribution in [-0.4, -0.2) is 40.4 Å². The average Bonchev–Trinajstić information content (AvgIpc) is 2.67. The second kappa shape index (κ2) is 11.7. The molecule has 0 atom stereocenters. The summed E-state index contributed by atoms with van der Waals surface area (Å²) in [7, 11) is 5.71. The van der Waals surface area contributed by atoms with Gasteiger partial charge in [-0.2, -0.15) is 0 Å². The van der Waals surface area contributed by atoms with Crippen LogP contribution >= 0.6 is 0 Å². The van der Waals surface area contributed by atoms with Gasteiger partial charge in [0.2, 0.25) is 0 Å². The van der Waals surface area contributed by atoms with Crippen LogP contribution in [0.2, 0.25) is 0 Å². The predicted octanol–water partition coefficient (Wildman–Crippen LogP) is 0.132. The van der Waals surface area contributed by atoms with E-state index in [9.17, 15) is 19.8 Å². The number of rotatable bonds is 6. The van der Waals surface area contributed by atoms with Crippen molar-refractivity contribution in [1.82, 2.24) is 0 Å². The van der Waals surface area contributed by atoms with Gasteiger partial charge in [0, 0.05) is 11.1 Å². The normalized spacial score (nSPS) is 9.04. The smallest absolute Gasteiger partial charge is 0.545 e. The number of carbonyl (C=O) groups is 2. The number of hydrogen-bond acceptors (Lipinski definition) is 8. The Labute approximate surface area is 169 Å². The van der Waals surface area contributed by atoms with E-state index in [4.69, 9.17) is 18.9 Å². The third-order valence-corrected chi connectivity index (χ3v) is 3.25. The van der Waals surface area contributed by atoms with Crippen LogP contribution in [0.1, 0.15) is 20.7 Å². The predicted molar refractivity (Wildman–Crippen MR) is 87.8 cm³/mol. The number of benzene rings is 2. The average molecular weight is 428 g/mol. The van der Waals surface area contributed by atoms with E-state index < -0.39 is 11.9 Å². The molecule has 0 spiro atoms. The summed E-state index contributed by atoms with van der Waals surface area (Å²) in [5.41, 5.74) is -0.0244. The van der Waals surface area contributed by atoms with Crippen molar-refractivity contribution in [3.8, 4) is 23.0 Å². The molecule has 0 fully saturated rings. The van der Waals surface area contributed by atoms with Gasteiger partial charge in [0.1, 0.15) is 23.0 Å². The molecule has 9 heteroatoms. The zero-order chi connectivity index (χ0) is 19.7. The number of aromatic carboxylic acids is 2. The minimum atomic E-state index is -1.28. The Balaban J connectivity index is 0.000000483. The summed E-state index contributed by atoms with van der Waals surface area (Å²) in [5, 5.41) is 21.2. The van der Waals surface area contributed by atoms with Crippen LogP contribution in [0.4, 0.5) is 0 Å². The van der Waals surface area contributed by atoms with Crippen molar-refractivity contribution < 1.29 is 58.2 Å². The Morgan fingerprint density at radius 1 is 0.667 bits per heavy atom. The van der Waals surface area contributed by atoms with Crippen molar-refractivity contribution in [2.45, 2.75) is 0 Å². The molecule has 0 radical (unpaired) electrons. The van der Waals surface area contributed by atoms with Crippen molar-refractivity contribution in [1.29, 1.82) is 0 Å². The Kier molecular flexibility index (Phi) is 10.5. The first-order chi connectivity index (χ1) is 12.4. The Bertz CT molecular complexity index is 710. The first-order valence-corrected chi connectivity index (χ1v) is 7.24. The molecule has 2 aromatic carbocycles. The Hall–Kier alpha value is -2.80. The van der Waals surface area contributed by atoms with Crippen LogP contribution < -0.4 is 29.2 Å². The van der Waals surface area contributed by atoms with Gasteiger partial charge in [0.15, 0.2) is 0 Å². The molecule has 2 rings (SSSR count). The molecule has 0 aliphatic rings. The fourth-order valence-electron chi connectivity index (χ4n) is 1.95. The third kappa shape index (κ3) is 6.79. The Morgan fingerprint density at radius 3 is 1.22 bits per heavy atom. The van der Waals surface area contributed by atoms with Crippen LogP contribution in [0.25, 0.3) is 0 Å².